The fourth-order valence-corrected chi connectivity index (χ4v) is 4.07. The lowest BCUT2D eigenvalue weighted by atomic mass is 10.1. The van der Waals surface area contributed by atoms with E-state index in [0.717, 1.165) is 24.4 Å². The van der Waals surface area contributed by atoms with E-state index >= 15 is 0 Å². The topological polar surface area (TPSA) is 94.2 Å². The molecule has 8 nitrogen and oxygen atoms in total. The van der Waals surface area contributed by atoms with Gasteiger partial charge in [0.15, 0.2) is 11.5 Å². The lowest BCUT2D eigenvalue weighted by Gasteiger charge is -2.40. The van der Waals surface area contributed by atoms with Gasteiger partial charge >= 0.3 is 0 Å². The van der Waals surface area contributed by atoms with Gasteiger partial charge in [-0.2, -0.15) is 0 Å². The van der Waals surface area contributed by atoms with Crippen LogP contribution in [0.4, 0.5) is 5.69 Å². The maximum atomic E-state index is 12.9. The molecule has 2 aromatic carbocycles. The second-order valence-corrected chi connectivity index (χ2v) is 7.82. The summed E-state index contributed by atoms with van der Waals surface area (Å²) < 4.78 is 34.6. The van der Waals surface area contributed by atoms with E-state index in [-0.39, 0.29) is 11.9 Å². The number of piperazine rings is 1. The summed E-state index contributed by atoms with van der Waals surface area (Å²) in [7, 11) is 3.26. The zero-order valence-electron chi connectivity index (χ0n) is 17.3. The first-order valence-corrected chi connectivity index (χ1v) is 10.7. The normalized spacial score (nSPS) is 18.0. The Labute approximate surface area is 179 Å². The highest BCUT2D eigenvalue weighted by Gasteiger charge is 2.28. The van der Waals surface area contributed by atoms with Gasteiger partial charge in [0.05, 0.1) is 14.2 Å². The van der Waals surface area contributed by atoms with Crippen LogP contribution >= 0.6 is 0 Å². The number of hydrogen-bond donors (Lipinski definition) is 1. The molecule has 1 saturated heterocycles. The van der Waals surface area contributed by atoms with E-state index in [9.17, 15) is 13.6 Å². The molecule has 1 heterocycles. The summed E-state index contributed by atoms with van der Waals surface area (Å²) in [6.07, 6.45) is 0. The number of ether oxygens (including phenoxy) is 2. The van der Waals surface area contributed by atoms with Crippen LogP contribution in [0.1, 0.15) is 22.8 Å². The summed E-state index contributed by atoms with van der Waals surface area (Å²) >= 11 is -2.39. The highest BCUT2D eigenvalue weighted by molar-refractivity contribution is 7.80. The lowest BCUT2D eigenvalue weighted by molar-refractivity contribution is 0.0474. The number of hydrogen-bond acceptors (Lipinski definition) is 6. The molecule has 1 aliphatic heterocycles. The van der Waals surface area contributed by atoms with Gasteiger partial charge in [-0.3, -0.25) is 13.9 Å². The Hall–Kier alpha value is -2.62. The highest BCUT2D eigenvalue weighted by Crippen LogP contribution is 2.32. The monoisotopic (exact) mass is 432 g/mol. The van der Waals surface area contributed by atoms with Gasteiger partial charge in [0.1, 0.15) is 0 Å². The Bertz CT molecular complexity index is 906. The van der Waals surface area contributed by atoms with E-state index in [4.69, 9.17) is 9.47 Å². The average Bonchev–Trinajstić information content (AvgIpc) is 2.73. The Kier molecular flexibility index (Phi) is 7.30. The van der Waals surface area contributed by atoms with E-state index in [1.165, 1.54) is 0 Å². The molecule has 2 aromatic rings. The predicted octanol–water partition coefficient (Wildman–Crippen LogP) is 2.26. The highest BCUT2D eigenvalue weighted by atomic mass is 32.2. The van der Waals surface area contributed by atoms with Crippen LogP contribution in [0.25, 0.3) is 0 Å². The van der Waals surface area contributed by atoms with Gasteiger partial charge in [0.2, 0.25) is 0 Å². The van der Waals surface area contributed by atoms with Gasteiger partial charge in [-0.05, 0) is 37.3 Å². The van der Waals surface area contributed by atoms with Crippen molar-refractivity contribution in [2.24, 2.45) is 0 Å². The number of carbonyl (C=O) groups is 1. The van der Waals surface area contributed by atoms with Crippen molar-refractivity contribution in [3.8, 4) is 11.5 Å². The Balaban J connectivity index is 1.64. The van der Waals surface area contributed by atoms with Crippen molar-refractivity contribution in [1.82, 2.24) is 9.80 Å². The van der Waals surface area contributed by atoms with E-state index in [0.29, 0.717) is 30.1 Å². The van der Waals surface area contributed by atoms with Crippen LogP contribution in [-0.4, -0.2) is 64.4 Å². The molecule has 9 heteroatoms. The van der Waals surface area contributed by atoms with Crippen molar-refractivity contribution >= 4 is 22.9 Å². The number of amides is 1. The fraction of sp³-hybridized carbons (Fsp3) is 0.381. The van der Waals surface area contributed by atoms with Crippen LogP contribution in [0.5, 0.6) is 11.5 Å². The zero-order chi connectivity index (χ0) is 21.7. The molecule has 0 saturated carbocycles. The SMILES string of the molecule is COc1cccc(CN2CCN(C(=O)c3ccc(NS(=O)[O-])cc3)[C@H](C)C2)c1OC. The maximum absolute atomic E-state index is 12.9. The molecular formula is C21H26N3O5S-. The summed E-state index contributed by atoms with van der Waals surface area (Å²) in [5.74, 6) is 1.38. The summed E-state index contributed by atoms with van der Waals surface area (Å²) in [5, 5.41) is 0. The van der Waals surface area contributed by atoms with Crippen LogP contribution in [-0.2, 0) is 17.8 Å². The first-order valence-electron chi connectivity index (χ1n) is 9.62. The molecule has 0 radical (unpaired) electrons. The summed E-state index contributed by atoms with van der Waals surface area (Å²) in [4.78, 5) is 17.1. The lowest BCUT2D eigenvalue weighted by Crippen LogP contribution is -2.53. The molecule has 0 aliphatic carbocycles. The molecule has 30 heavy (non-hydrogen) atoms. The van der Waals surface area contributed by atoms with Crippen LogP contribution in [0.2, 0.25) is 0 Å². The third-order valence-electron chi connectivity index (χ3n) is 5.18. The maximum Gasteiger partial charge on any atom is 0.254 e. The number of nitrogens with one attached hydrogen (secondary N) is 1. The predicted molar refractivity (Wildman–Crippen MR) is 114 cm³/mol. The first kappa shape index (κ1) is 22.1. The Morgan fingerprint density at radius 1 is 1.17 bits per heavy atom. The minimum absolute atomic E-state index is 0.0369. The smallest absolute Gasteiger partial charge is 0.254 e. The van der Waals surface area contributed by atoms with Gasteiger partial charge in [0, 0.05) is 60.3 Å². The molecule has 1 aliphatic rings. The number of anilines is 1. The van der Waals surface area contributed by atoms with E-state index < -0.39 is 11.3 Å². The third-order valence-corrected chi connectivity index (χ3v) is 5.59. The van der Waals surface area contributed by atoms with Crippen molar-refractivity contribution in [2.45, 2.75) is 19.5 Å². The molecule has 1 unspecified atom stereocenters. The summed E-state index contributed by atoms with van der Waals surface area (Å²) in [5.41, 5.74) is 2.00. The number of nitrogens with zero attached hydrogens (tertiary/aromatic N) is 2. The van der Waals surface area contributed by atoms with Crippen molar-refractivity contribution in [2.75, 3.05) is 38.6 Å². The van der Waals surface area contributed by atoms with Crippen molar-refractivity contribution in [1.29, 1.82) is 0 Å². The van der Waals surface area contributed by atoms with Crippen LogP contribution < -0.4 is 14.2 Å². The molecule has 0 spiro atoms. The molecule has 3 rings (SSSR count). The van der Waals surface area contributed by atoms with Gasteiger partial charge in [-0.25, -0.2) is 0 Å². The summed E-state index contributed by atoms with van der Waals surface area (Å²) in [6.45, 7) is 4.83. The molecule has 1 amide bonds. The molecule has 162 valence electrons. The third kappa shape index (κ3) is 5.10. The molecule has 0 bridgehead atoms. The quantitative estimate of drug-likeness (QED) is 0.675. The number of benzene rings is 2. The van der Waals surface area contributed by atoms with Crippen molar-refractivity contribution in [3.05, 3.63) is 53.6 Å². The standard InChI is InChI=1S/C21H27N3O5S/c1-15-13-23(14-17-5-4-6-19(28-2)20(17)29-3)11-12-24(15)21(25)16-7-9-18(10-8-16)22-30(26)27/h4-10,15,22H,11-14H2,1-3H3,(H,26,27)/p-1/t15-/m1/s1. The second kappa shape index (κ2) is 9.92. The van der Waals surface area contributed by atoms with E-state index in [1.54, 1.807) is 38.5 Å². The Morgan fingerprint density at radius 2 is 1.90 bits per heavy atom. The fourth-order valence-electron chi connectivity index (χ4n) is 3.74. The average molecular weight is 433 g/mol. The van der Waals surface area contributed by atoms with Crippen LogP contribution in [0, 0.1) is 0 Å². The van der Waals surface area contributed by atoms with Gasteiger partial charge in [0.25, 0.3) is 5.91 Å². The number of carbonyl (C=O) groups excluding carboxylic acids is 1. The van der Waals surface area contributed by atoms with Crippen molar-refractivity contribution in [3.63, 3.8) is 0 Å². The summed E-state index contributed by atoms with van der Waals surface area (Å²) in [6, 6.07) is 12.3. The molecular weight excluding hydrogens is 406 g/mol. The molecule has 2 atom stereocenters. The largest absolute Gasteiger partial charge is 0.755 e. The minimum Gasteiger partial charge on any atom is -0.755 e. The second-order valence-electron chi connectivity index (χ2n) is 7.15. The molecule has 1 N–H and O–H groups in total. The van der Waals surface area contributed by atoms with Gasteiger partial charge in [-0.15, -0.1) is 0 Å². The van der Waals surface area contributed by atoms with E-state index in [2.05, 4.69) is 9.62 Å². The molecule has 0 aromatic heterocycles. The zero-order valence-corrected chi connectivity index (χ0v) is 18.1. The number of methoxy groups -OCH3 is 2. The number of para-hydroxylation sites is 1. The Morgan fingerprint density at radius 3 is 2.50 bits per heavy atom. The molecule has 1 fully saturated rings. The van der Waals surface area contributed by atoms with Gasteiger partial charge in [-0.1, -0.05) is 12.1 Å². The minimum atomic E-state index is -2.39. The van der Waals surface area contributed by atoms with Crippen LogP contribution in [0.3, 0.4) is 0 Å². The number of rotatable bonds is 7. The van der Waals surface area contributed by atoms with Crippen LogP contribution in [0.15, 0.2) is 42.5 Å². The van der Waals surface area contributed by atoms with E-state index in [1.807, 2.05) is 30.0 Å². The first-order chi connectivity index (χ1) is 14.4. The van der Waals surface area contributed by atoms with Crippen molar-refractivity contribution < 1.29 is 23.0 Å². The van der Waals surface area contributed by atoms with Gasteiger partial charge < -0.3 is 23.6 Å².